The Hall–Kier alpha value is -1.90. The molecule has 1 heterocycles. The van der Waals surface area contributed by atoms with Gasteiger partial charge in [-0.15, -0.1) is 0 Å². The van der Waals surface area contributed by atoms with Crippen LogP contribution in [0.3, 0.4) is 0 Å². The molecule has 1 rings (SSSR count). The van der Waals surface area contributed by atoms with Crippen molar-refractivity contribution in [3.05, 3.63) is 59.7 Å². The third-order valence-corrected chi connectivity index (χ3v) is 4.90. The lowest BCUT2D eigenvalue weighted by molar-refractivity contribution is 0.399. The Labute approximate surface area is 160 Å². The summed E-state index contributed by atoms with van der Waals surface area (Å²) in [5.41, 5.74) is 2.35. The second kappa shape index (κ2) is 12.5. The van der Waals surface area contributed by atoms with Crippen LogP contribution in [0.1, 0.15) is 72.6 Å². The zero-order valence-electron chi connectivity index (χ0n) is 17.0. The molecule has 2 atom stereocenters. The minimum absolute atomic E-state index is 0.138. The quantitative estimate of drug-likeness (QED) is 0.406. The molecule has 0 aromatic carbocycles. The maximum atomic E-state index is 10.3. The van der Waals surface area contributed by atoms with Gasteiger partial charge >= 0.3 is 0 Å². The Bertz CT molecular complexity index is 593. The molecule has 1 aliphatic rings. The van der Waals surface area contributed by atoms with Crippen molar-refractivity contribution in [2.45, 2.75) is 72.6 Å². The predicted octanol–water partition coefficient (Wildman–Crippen LogP) is 7.82. The number of azo groups is 1. The average Bonchev–Trinajstić information content (AvgIpc) is 2.62. The van der Waals surface area contributed by atoms with Crippen LogP contribution in [0.25, 0.3) is 0 Å². The van der Waals surface area contributed by atoms with Gasteiger partial charge in [0.1, 0.15) is 5.76 Å². The summed E-state index contributed by atoms with van der Waals surface area (Å²) in [5.74, 6) is 1.50. The number of nitrogens with zero attached hydrogens (tertiary/aromatic N) is 2. The van der Waals surface area contributed by atoms with E-state index in [1.165, 1.54) is 32.1 Å². The summed E-state index contributed by atoms with van der Waals surface area (Å²) in [6.07, 6.45) is 17.4. The van der Waals surface area contributed by atoms with Gasteiger partial charge in [0.05, 0.1) is 5.70 Å². The summed E-state index contributed by atoms with van der Waals surface area (Å²) in [4.78, 5) is 0. The van der Waals surface area contributed by atoms with E-state index >= 15 is 0 Å². The molecule has 0 aromatic rings. The van der Waals surface area contributed by atoms with Crippen molar-refractivity contribution < 1.29 is 5.11 Å². The molecule has 26 heavy (non-hydrogen) atoms. The van der Waals surface area contributed by atoms with Gasteiger partial charge in [-0.2, -0.15) is 10.2 Å². The second-order valence-corrected chi connectivity index (χ2v) is 7.56. The van der Waals surface area contributed by atoms with E-state index in [1.807, 2.05) is 13.0 Å². The highest BCUT2D eigenvalue weighted by Crippen LogP contribution is 2.28. The Balaban J connectivity index is 3.07. The summed E-state index contributed by atoms with van der Waals surface area (Å²) < 4.78 is 0. The molecular weight excluding hydrogens is 320 g/mol. The Morgan fingerprint density at radius 3 is 2.65 bits per heavy atom. The fraction of sp³-hybridized carbons (Fsp3) is 0.565. The fourth-order valence-electron chi connectivity index (χ4n) is 3.22. The number of rotatable bonds is 3. The third kappa shape index (κ3) is 8.46. The molecule has 0 radical (unpaired) electrons. The summed E-state index contributed by atoms with van der Waals surface area (Å²) in [7, 11) is 0. The molecule has 2 unspecified atom stereocenters. The van der Waals surface area contributed by atoms with Gasteiger partial charge in [0.15, 0.2) is 0 Å². The normalized spacial score (nSPS) is 29.8. The Kier molecular flexibility index (Phi) is 10.6. The molecule has 0 aromatic heterocycles. The van der Waals surface area contributed by atoms with Gasteiger partial charge in [-0.05, 0) is 56.6 Å². The van der Waals surface area contributed by atoms with Crippen molar-refractivity contribution in [1.29, 1.82) is 0 Å². The average molecular weight is 357 g/mol. The molecule has 144 valence electrons. The van der Waals surface area contributed by atoms with Crippen LogP contribution < -0.4 is 0 Å². The molecule has 3 heteroatoms. The maximum absolute atomic E-state index is 10.3. The molecule has 0 saturated heterocycles. The highest BCUT2D eigenvalue weighted by atomic mass is 16.3. The number of allylic oxidation sites excluding steroid dienone is 5. The van der Waals surface area contributed by atoms with Crippen LogP contribution in [0.2, 0.25) is 0 Å². The van der Waals surface area contributed by atoms with E-state index in [2.05, 4.69) is 43.7 Å². The van der Waals surface area contributed by atoms with Gasteiger partial charge in [0.2, 0.25) is 0 Å². The van der Waals surface area contributed by atoms with Crippen LogP contribution in [-0.2, 0) is 0 Å². The molecule has 1 N–H and O–H groups in total. The Morgan fingerprint density at radius 2 is 1.92 bits per heavy atom. The number of hydrogen-bond donors (Lipinski definition) is 1. The first kappa shape index (κ1) is 22.1. The summed E-state index contributed by atoms with van der Waals surface area (Å²) in [6, 6.07) is 0. The molecule has 0 saturated carbocycles. The van der Waals surface area contributed by atoms with Crippen molar-refractivity contribution >= 4 is 0 Å². The lowest BCUT2D eigenvalue weighted by Gasteiger charge is -2.17. The fourth-order valence-corrected chi connectivity index (χ4v) is 3.22. The van der Waals surface area contributed by atoms with E-state index in [4.69, 9.17) is 0 Å². The first-order valence-electron chi connectivity index (χ1n) is 9.92. The molecule has 3 nitrogen and oxygen atoms in total. The van der Waals surface area contributed by atoms with E-state index in [1.54, 1.807) is 18.4 Å². The number of aliphatic hydroxyl groups excluding tert-OH is 1. The highest BCUT2D eigenvalue weighted by Gasteiger charge is 2.14. The van der Waals surface area contributed by atoms with E-state index in [9.17, 15) is 5.11 Å². The molecule has 0 amide bonds. The van der Waals surface area contributed by atoms with E-state index in [-0.39, 0.29) is 5.76 Å². The highest BCUT2D eigenvalue weighted by molar-refractivity contribution is 5.43. The molecule has 1 aliphatic heterocycles. The minimum atomic E-state index is 0.138. The van der Waals surface area contributed by atoms with Crippen LogP contribution in [0.4, 0.5) is 0 Å². The van der Waals surface area contributed by atoms with Crippen LogP contribution in [0.15, 0.2) is 69.9 Å². The van der Waals surface area contributed by atoms with Crippen molar-refractivity contribution in [3.8, 4) is 0 Å². The van der Waals surface area contributed by atoms with Gasteiger partial charge in [-0.25, -0.2) is 0 Å². The molecular formula is C23H36N2O. The van der Waals surface area contributed by atoms with Crippen LogP contribution in [0, 0.1) is 11.8 Å². The maximum Gasteiger partial charge on any atom is 0.124 e. The van der Waals surface area contributed by atoms with E-state index < -0.39 is 0 Å². The largest absolute Gasteiger partial charge is 0.507 e. The standard InChI is InChI=1S/C23H36N2O/c1-6-7-13-22(26)21(5)23-20(4)17-19(3)15-14-18(2)12-10-8-9-11-16-24-25-23/h6-7,11,13,16,18-19,26H,5,8-10,12,14-15,17H2,1-4H3/b7-6-,16-11+,22-13+,23-20+,25-24-. The van der Waals surface area contributed by atoms with Crippen molar-refractivity contribution in [2.75, 3.05) is 0 Å². The molecule has 0 spiro atoms. The first-order valence-corrected chi connectivity index (χ1v) is 9.92. The topological polar surface area (TPSA) is 45.0 Å². The third-order valence-electron chi connectivity index (χ3n) is 4.90. The molecule has 0 aliphatic carbocycles. The van der Waals surface area contributed by atoms with Crippen LogP contribution in [-0.4, -0.2) is 5.11 Å². The van der Waals surface area contributed by atoms with Gasteiger partial charge in [-0.3, -0.25) is 0 Å². The van der Waals surface area contributed by atoms with Crippen LogP contribution >= 0.6 is 0 Å². The zero-order valence-corrected chi connectivity index (χ0v) is 17.0. The van der Waals surface area contributed by atoms with E-state index in [0.717, 1.165) is 24.3 Å². The summed E-state index contributed by atoms with van der Waals surface area (Å²) in [6.45, 7) is 12.7. The first-order chi connectivity index (χ1) is 12.5. The SMILES string of the molecule is C=C(/C(O)=C\C=C/C)C1=C(/C)CC(C)CCC(C)CCCC/C=C/N=N\1. The van der Waals surface area contributed by atoms with Crippen molar-refractivity contribution in [2.24, 2.45) is 22.1 Å². The van der Waals surface area contributed by atoms with Crippen LogP contribution in [0.5, 0.6) is 0 Å². The summed E-state index contributed by atoms with van der Waals surface area (Å²) >= 11 is 0. The van der Waals surface area contributed by atoms with Crippen molar-refractivity contribution in [1.82, 2.24) is 0 Å². The summed E-state index contributed by atoms with van der Waals surface area (Å²) in [5, 5.41) is 18.9. The lowest BCUT2D eigenvalue weighted by atomic mass is 9.90. The van der Waals surface area contributed by atoms with Crippen molar-refractivity contribution in [3.63, 3.8) is 0 Å². The monoisotopic (exact) mass is 356 g/mol. The number of aliphatic hydroxyl groups is 1. The lowest BCUT2D eigenvalue weighted by Crippen LogP contribution is -2.03. The number of hydrogen-bond acceptors (Lipinski definition) is 3. The predicted molar refractivity (Wildman–Crippen MR) is 112 cm³/mol. The minimum Gasteiger partial charge on any atom is -0.507 e. The van der Waals surface area contributed by atoms with Gasteiger partial charge in [0.25, 0.3) is 0 Å². The van der Waals surface area contributed by atoms with E-state index in [0.29, 0.717) is 17.2 Å². The zero-order chi connectivity index (χ0) is 19.4. The Morgan fingerprint density at radius 1 is 1.19 bits per heavy atom. The smallest absolute Gasteiger partial charge is 0.124 e. The molecule has 0 bridgehead atoms. The van der Waals surface area contributed by atoms with Gasteiger partial charge in [-0.1, -0.05) is 64.3 Å². The molecule has 0 fully saturated rings. The van der Waals surface area contributed by atoms with Gasteiger partial charge < -0.3 is 5.11 Å². The van der Waals surface area contributed by atoms with Gasteiger partial charge in [0, 0.05) is 11.8 Å². The second-order valence-electron chi connectivity index (χ2n) is 7.56.